The fourth-order valence-corrected chi connectivity index (χ4v) is 2.29. The first-order chi connectivity index (χ1) is 9.54. The molecule has 0 radical (unpaired) electrons. The summed E-state index contributed by atoms with van der Waals surface area (Å²) >= 11 is 3.42. The van der Waals surface area contributed by atoms with Crippen molar-refractivity contribution in [1.29, 1.82) is 0 Å². The third-order valence-corrected chi connectivity index (χ3v) is 3.28. The molecule has 0 amide bonds. The smallest absolute Gasteiger partial charge is 0.387 e. The molecule has 1 N–H and O–H groups in total. The number of anilines is 1. The maximum Gasteiger partial charge on any atom is 0.387 e. The van der Waals surface area contributed by atoms with E-state index >= 15 is 0 Å². The predicted molar refractivity (Wildman–Crippen MR) is 79.3 cm³/mol. The molecule has 20 heavy (non-hydrogen) atoms. The molecule has 2 aromatic rings. The van der Waals surface area contributed by atoms with Gasteiger partial charge in [-0.2, -0.15) is 8.78 Å². The third-order valence-electron chi connectivity index (χ3n) is 2.79. The molecular formula is C15H14BrF2NO. The summed E-state index contributed by atoms with van der Waals surface area (Å²) in [6.07, 6.45) is 0. The average Bonchev–Trinajstić information content (AvgIpc) is 2.38. The van der Waals surface area contributed by atoms with Crippen LogP contribution in [0.15, 0.2) is 53.0 Å². The van der Waals surface area contributed by atoms with Crippen molar-refractivity contribution in [1.82, 2.24) is 0 Å². The second-order valence-corrected chi connectivity index (χ2v) is 5.24. The third kappa shape index (κ3) is 4.20. The van der Waals surface area contributed by atoms with E-state index in [1.807, 2.05) is 37.3 Å². The minimum absolute atomic E-state index is 0.0503. The van der Waals surface area contributed by atoms with E-state index in [-0.39, 0.29) is 11.8 Å². The van der Waals surface area contributed by atoms with Crippen molar-refractivity contribution in [2.75, 3.05) is 5.32 Å². The fraction of sp³-hybridized carbons (Fsp3) is 0.200. The molecular weight excluding hydrogens is 328 g/mol. The van der Waals surface area contributed by atoms with Crippen LogP contribution in [0.3, 0.4) is 0 Å². The number of ether oxygens (including phenoxy) is 1. The van der Waals surface area contributed by atoms with Crippen LogP contribution >= 0.6 is 15.9 Å². The summed E-state index contributed by atoms with van der Waals surface area (Å²) in [5, 5.41) is 3.25. The molecule has 106 valence electrons. The van der Waals surface area contributed by atoms with Crippen molar-refractivity contribution in [3.05, 3.63) is 58.6 Å². The van der Waals surface area contributed by atoms with Crippen LogP contribution in [0.1, 0.15) is 18.5 Å². The first-order valence-corrected chi connectivity index (χ1v) is 6.91. The highest BCUT2D eigenvalue weighted by Crippen LogP contribution is 2.25. The van der Waals surface area contributed by atoms with Gasteiger partial charge in [0.15, 0.2) is 0 Å². The average molecular weight is 342 g/mol. The number of rotatable bonds is 5. The van der Waals surface area contributed by atoms with E-state index in [9.17, 15) is 8.78 Å². The standard InChI is InChI=1S/C15H14BrF2NO/c1-10(11-4-2-5-12(16)8-11)19-13-6-3-7-14(9-13)20-15(17)18/h2-10,15,19H,1H3. The van der Waals surface area contributed by atoms with Crippen LogP contribution < -0.4 is 10.1 Å². The van der Waals surface area contributed by atoms with Crippen LogP contribution in [0.5, 0.6) is 5.75 Å². The summed E-state index contributed by atoms with van der Waals surface area (Å²) < 4.78 is 29.7. The molecule has 0 heterocycles. The van der Waals surface area contributed by atoms with Gasteiger partial charge in [-0.15, -0.1) is 0 Å². The van der Waals surface area contributed by atoms with Gasteiger partial charge < -0.3 is 10.1 Å². The molecule has 5 heteroatoms. The topological polar surface area (TPSA) is 21.3 Å². The normalized spacial score (nSPS) is 12.2. The summed E-state index contributed by atoms with van der Waals surface area (Å²) in [5.41, 5.74) is 1.83. The number of alkyl halides is 2. The Morgan fingerprint density at radius 2 is 1.85 bits per heavy atom. The fourth-order valence-electron chi connectivity index (χ4n) is 1.87. The largest absolute Gasteiger partial charge is 0.435 e. The van der Waals surface area contributed by atoms with E-state index < -0.39 is 6.61 Å². The highest BCUT2D eigenvalue weighted by Gasteiger charge is 2.08. The van der Waals surface area contributed by atoms with Crippen molar-refractivity contribution in [3.8, 4) is 5.75 Å². The van der Waals surface area contributed by atoms with E-state index in [1.165, 1.54) is 6.07 Å². The first-order valence-electron chi connectivity index (χ1n) is 6.11. The Morgan fingerprint density at radius 3 is 2.55 bits per heavy atom. The van der Waals surface area contributed by atoms with Crippen LogP contribution in [0.25, 0.3) is 0 Å². The Balaban J connectivity index is 2.09. The van der Waals surface area contributed by atoms with E-state index in [0.717, 1.165) is 15.7 Å². The van der Waals surface area contributed by atoms with Crippen molar-refractivity contribution in [3.63, 3.8) is 0 Å². The van der Waals surface area contributed by atoms with Crippen molar-refractivity contribution < 1.29 is 13.5 Å². The van der Waals surface area contributed by atoms with Gasteiger partial charge in [-0.25, -0.2) is 0 Å². The maximum absolute atomic E-state index is 12.2. The van der Waals surface area contributed by atoms with Gasteiger partial charge in [0.1, 0.15) is 5.75 Å². The minimum Gasteiger partial charge on any atom is -0.435 e. The molecule has 1 unspecified atom stereocenters. The summed E-state index contributed by atoms with van der Waals surface area (Å²) in [5.74, 6) is 0.145. The van der Waals surface area contributed by atoms with Crippen LogP contribution in [0.4, 0.5) is 14.5 Å². The van der Waals surface area contributed by atoms with Crippen molar-refractivity contribution in [2.45, 2.75) is 19.6 Å². The highest BCUT2D eigenvalue weighted by atomic mass is 79.9. The van der Waals surface area contributed by atoms with Crippen LogP contribution in [0.2, 0.25) is 0 Å². The Morgan fingerprint density at radius 1 is 1.10 bits per heavy atom. The molecule has 1 atom stereocenters. The molecule has 2 rings (SSSR count). The van der Waals surface area contributed by atoms with Gasteiger partial charge in [0, 0.05) is 22.3 Å². The van der Waals surface area contributed by atoms with Crippen molar-refractivity contribution in [2.24, 2.45) is 0 Å². The first kappa shape index (κ1) is 14.8. The lowest BCUT2D eigenvalue weighted by molar-refractivity contribution is -0.0498. The van der Waals surface area contributed by atoms with Crippen LogP contribution in [0, 0.1) is 0 Å². The van der Waals surface area contributed by atoms with Crippen LogP contribution in [-0.4, -0.2) is 6.61 Å². The van der Waals surface area contributed by atoms with Gasteiger partial charge in [-0.3, -0.25) is 0 Å². The van der Waals surface area contributed by atoms with E-state index in [0.29, 0.717) is 0 Å². The molecule has 0 bridgehead atoms. The number of hydrogen-bond acceptors (Lipinski definition) is 2. The zero-order chi connectivity index (χ0) is 14.5. The summed E-state index contributed by atoms with van der Waals surface area (Å²) in [6.45, 7) is -0.810. The van der Waals surface area contributed by atoms with E-state index in [2.05, 4.69) is 26.0 Å². The Hall–Kier alpha value is -1.62. The SMILES string of the molecule is CC(Nc1cccc(OC(F)F)c1)c1cccc(Br)c1. The second kappa shape index (κ2) is 6.70. The van der Waals surface area contributed by atoms with E-state index in [1.54, 1.807) is 12.1 Å². The summed E-state index contributed by atoms with van der Waals surface area (Å²) in [6, 6.07) is 14.5. The molecule has 2 aromatic carbocycles. The number of halogens is 3. The van der Waals surface area contributed by atoms with Gasteiger partial charge in [0.2, 0.25) is 0 Å². The van der Waals surface area contributed by atoms with Gasteiger partial charge in [0.25, 0.3) is 0 Å². The van der Waals surface area contributed by atoms with Gasteiger partial charge in [0.05, 0.1) is 0 Å². The second-order valence-electron chi connectivity index (χ2n) is 4.33. The molecule has 0 aromatic heterocycles. The summed E-state index contributed by atoms with van der Waals surface area (Å²) in [7, 11) is 0. The Labute approximate surface area is 124 Å². The Bertz CT molecular complexity index is 577. The lowest BCUT2D eigenvalue weighted by Crippen LogP contribution is -2.07. The molecule has 0 fully saturated rings. The predicted octanol–water partition coefficient (Wildman–Crippen LogP) is 5.22. The zero-order valence-electron chi connectivity index (χ0n) is 10.8. The van der Waals surface area contributed by atoms with Gasteiger partial charge >= 0.3 is 6.61 Å². The lowest BCUT2D eigenvalue weighted by atomic mass is 10.1. The molecule has 0 aliphatic rings. The molecule has 0 saturated carbocycles. The number of hydrogen-bond donors (Lipinski definition) is 1. The molecule has 0 aliphatic heterocycles. The highest BCUT2D eigenvalue weighted by molar-refractivity contribution is 9.10. The van der Waals surface area contributed by atoms with Gasteiger partial charge in [-0.05, 0) is 36.8 Å². The minimum atomic E-state index is -2.81. The molecule has 0 saturated heterocycles. The maximum atomic E-state index is 12.2. The Kier molecular flexibility index (Phi) is 4.95. The zero-order valence-corrected chi connectivity index (χ0v) is 12.4. The molecule has 2 nitrogen and oxygen atoms in total. The lowest BCUT2D eigenvalue weighted by Gasteiger charge is -2.16. The molecule has 0 aliphatic carbocycles. The molecule has 0 spiro atoms. The van der Waals surface area contributed by atoms with E-state index in [4.69, 9.17) is 0 Å². The van der Waals surface area contributed by atoms with Gasteiger partial charge in [-0.1, -0.05) is 34.1 Å². The number of nitrogens with one attached hydrogen (secondary N) is 1. The number of benzene rings is 2. The van der Waals surface area contributed by atoms with Crippen molar-refractivity contribution >= 4 is 21.6 Å². The summed E-state index contributed by atoms with van der Waals surface area (Å²) in [4.78, 5) is 0. The van der Waals surface area contributed by atoms with Crippen LogP contribution in [-0.2, 0) is 0 Å². The monoisotopic (exact) mass is 341 g/mol. The quantitative estimate of drug-likeness (QED) is 0.804.